The molecule has 1 fully saturated rings. The van der Waals surface area contributed by atoms with Gasteiger partial charge in [0.1, 0.15) is 5.60 Å². The average molecular weight is 349 g/mol. The van der Waals surface area contributed by atoms with Gasteiger partial charge < -0.3 is 9.64 Å². The molecule has 1 amide bonds. The number of piperazine rings is 1. The van der Waals surface area contributed by atoms with Gasteiger partial charge in [0.05, 0.1) is 0 Å². The standard InChI is InChI=1S/C15H31N3O4S/c1-6-8-17(9-7-2)23(20,21)18-12-10-16(11-13-18)14(19)22-15(3,4)5/h6-13H2,1-5H3. The van der Waals surface area contributed by atoms with E-state index in [-0.39, 0.29) is 6.09 Å². The van der Waals surface area contributed by atoms with E-state index < -0.39 is 15.8 Å². The van der Waals surface area contributed by atoms with Crippen LogP contribution < -0.4 is 0 Å². The maximum atomic E-state index is 12.7. The van der Waals surface area contributed by atoms with E-state index in [0.717, 1.165) is 12.8 Å². The van der Waals surface area contributed by atoms with Crippen LogP contribution in [-0.2, 0) is 14.9 Å². The van der Waals surface area contributed by atoms with E-state index >= 15 is 0 Å². The Morgan fingerprint density at radius 1 is 1.04 bits per heavy atom. The van der Waals surface area contributed by atoms with Gasteiger partial charge in [-0.3, -0.25) is 0 Å². The van der Waals surface area contributed by atoms with Crippen LogP contribution in [0.15, 0.2) is 0 Å². The molecule has 0 bridgehead atoms. The molecule has 0 aromatic rings. The summed E-state index contributed by atoms with van der Waals surface area (Å²) in [5, 5.41) is 0. The number of nitrogens with zero attached hydrogens (tertiary/aromatic N) is 3. The Kier molecular flexibility index (Phi) is 7.29. The molecule has 0 spiro atoms. The summed E-state index contributed by atoms with van der Waals surface area (Å²) in [6.07, 6.45) is 1.20. The number of amides is 1. The average Bonchev–Trinajstić information content (AvgIpc) is 2.45. The second-order valence-corrected chi connectivity index (χ2v) is 8.70. The Morgan fingerprint density at radius 2 is 1.52 bits per heavy atom. The molecule has 0 saturated carbocycles. The molecule has 1 rings (SSSR count). The predicted octanol–water partition coefficient (Wildman–Crippen LogP) is 1.91. The van der Waals surface area contributed by atoms with Crippen LogP contribution in [0, 0.1) is 0 Å². The zero-order valence-electron chi connectivity index (χ0n) is 15.0. The SMILES string of the molecule is CCCN(CCC)S(=O)(=O)N1CCN(C(=O)OC(C)(C)C)CC1. The van der Waals surface area contributed by atoms with Crippen LogP contribution in [0.1, 0.15) is 47.5 Å². The van der Waals surface area contributed by atoms with E-state index in [9.17, 15) is 13.2 Å². The van der Waals surface area contributed by atoms with Gasteiger partial charge >= 0.3 is 6.09 Å². The summed E-state index contributed by atoms with van der Waals surface area (Å²) < 4.78 is 33.7. The lowest BCUT2D eigenvalue weighted by molar-refractivity contribution is 0.0189. The zero-order valence-corrected chi connectivity index (χ0v) is 15.9. The molecular formula is C15H31N3O4S. The van der Waals surface area contributed by atoms with Gasteiger partial charge in [-0.25, -0.2) is 4.79 Å². The highest BCUT2D eigenvalue weighted by molar-refractivity contribution is 7.86. The summed E-state index contributed by atoms with van der Waals surface area (Å²) in [6.45, 7) is 11.8. The smallest absolute Gasteiger partial charge is 0.410 e. The van der Waals surface area contributed by atoms with Crippen molar-refractivity contribution in [3.8, 4) is 0 Å². The van der Waals surface area contributed by atoms with Gasteiger partial charge in [-0.15, -0.1) is 0 Å². The van der Waals surface area contributed by atoms with Gasteiger partial charge in [0, 0.05) is 39.3 Å². The highest BCUT2D eigenvalue weighted by atomic mass is 32.2. The Bertz CT molecular complexity index is 473. The van der Waals surface area contributed by atoms with Crippen molar-refractivity contribution in [3.05, 3.63) is 0 Å². The van der Waals surface area contributed by atoms with E-state index in [2.05, 4.69) is 0 Å². The fourth-order valence-corrected chi connectivity index (χ4v) is 4.21. The van der Waals surface area contributed by atoms with Crippen LogP contribution in [0.3, 0.4) is 0 Å². The molecule has 0 unspecified atom stereocenters. The molecule has 0 N–H and O–H groups in total. The zero-order chi connectivity index (χ0) is 17.7. The molecular weight excluding hydrogens is 318 g/mol. The maximum Gasteiger partial charge on any atom is 0.410 e. The first-order chi connectivity index (χ1) is 10.6. The molecule has 23 heavy (non-hydrogen) atoms. The quantitative estimate of drug-likeness (QED) is 0.734. The lowest BCUT2D eigenvalue weighted by Crippen LogP contribution is -2.55. The number of carbonyl (C=O) groups is 1. The van der Waals surface area contributed by atoms with Gasteiger partial charge in [0.15, 0.2) is 0 Å². The lowest BCUT2D eigenvalue weighted by Gasteiger charge is -2.37. The molecule has 1 heterocycles. The van der Waals surface area contributed by atoms with Gasteiger partial charge in [0.2, 0.25) is 0 Å². The molecule has 1 aliphatic heterocycles. The number of rotatable bonds is 6. The van der Waals surface area contributed by atoms with Crippen molar-refractivity contribution in [1.82, 2.24) is 13.5 Å². The van der Waals surface area contributed by atoms with Crippen LogP contribution in [0.25, 0.3) is 0 Å². The minimum atomic E-state index is -3.44. The van der Waals surface area contributed by atoms with Crippen LogP contribution in [0.5, 0.6) is 0 Å². The van der Waals surface area contributed by atoms with Gasteiger partial charge in [-0.05, 0) is 33.6 Å². The van der Waals surface area contributed by atoms with Crippen molar-refractivity contribution in [3.63, 3.8) is 0 Å². The lowest BCUT2D eigenvalue weighted by atomic mass is 10.2. The first kappa shape index (κ1) is 20.2. The van der Waals surface area contributed by atoms with Gasteiger partial charge in [0.25, 0.3) is 10.2 Å². The third kappa shape index (κ3) is 5.93. The second-order valence-electron chi connectivity index (χ2n) is 6.77. The van der Waals surface area contributed by atoms with Crippen molar-refractivity contribution in [2.75, 3.05) is 39.3 Å². The molecule has 136 valence electrons. The highest BCUT2D eigenvalue weighted by Gasteiger charge is 2.33. The van der Waals surface area contributed by atoms with Gasteiger partial charge in [-0.2, -0.15) is 17.0 Å². The van der Waals surface area contributed by atoms with E-state index in [0.29, 0.717) is 39.3 Å². The van der Waals surface area contributed by atoms with E-state index in [1.807, 2.05) is 34.6 Å². The Morgan fingerprint density at radius 3 is 1.91 bits per heavy atom. The Labute approximate surface area is 140 Å². The Hall–Kier alpha value is -0.860. The molecule has 0 aromatic heterocycles. The molecule has 0 atom stereocenters. The number of hydrogen-bond acceptors (Lipinski definition) is 4. The first-order valence-electron chi connectivity index (χ1n) is 8.35. The van der Waals surface area contributed by atoms with E-state index in [1.165, 1.54) is 8.61 Å². The summed E-state index contributed by atoms with van der Waals surface area (Å²) in [6, 6.07) is 0. The van der Waals surface area contributed by atoms with Crippen molar-refractivity contribution in [2.24, 2.45) is 0 Å². The number of ether oxygens (including phenoxy) is 1. The fourth-order valence-electron chi connectivity index (χ4n) is 2.43. The molecule has 8 heteroatoms. The summed E-state index contributed by atoms with van der Waals surface area (Å²) in [4.78, 5) is 13.6. The van der Waals surface area contributed by atoms with Crippen LogP contribution in [0.2, 0.25) is 0 Å². The van der Waals surface area contributed by atoms with Crippen molar-refractivity contribution >= 4 is 16.3 Å². The van der Waals surface area contributed by atoms with Crippen molar-refractivity contribution < 1.29 is 17.9 Å². The topological polar surface area (TPSA) is 70.2 Å². The first-order valence-corrected chi connectivity index (χ1v) is 9.74. The molecule has 0 radical (unpaired) electrons. The molecule has 1 aliphatic rings. The predicted molar refractivity (Wildman–Crippen MR) is 90.5 cm³/mol. The van der Waals surface area contributed by atoms with Gasteiger partial charge in [-0.1, -0.05) is 13.8 Å². The maximum absolute atomic E-state index is 12.7. The summed E-state index contributed by atoms with van der Waals surface area (Å²) in [5.41, 5.74) is -0.542. The third-order valence-electron chi connectivity index (χ3n) is 3.49. The van der Waals surface area contributed by atoms with E-state index in [4.69, 9.17) is 4.74 Å². The third-order valence-corrected chi connectivity index (χ3v) is 5.52. The minimum Gasteiger partial charge on any atom is -0.444 e. The Balaban J connectivity index is 2.65. The van der Waals surface area contributed by atoms with Crippen molar-refractivity contribution in [2.45, 2.75) is 53.1 Å². The molecule has 0 aromatic carbocycles. The molecule has 0 aliphatic carbocycles. The van der Waals surface area contributed by atoms with Crippen LogP contribution >= 0.6 is 0 Å². The minimum absolute atomic E-state index is 0.311. The van der Waals surface area contributed by atoms with Crippen LogP contribution in [0.4, 0.5) is 4.79 Å². The normalized spacial score (nSPS) is 17.6. The van der Waals surface area contributed by atoms with E-state index in [1.54, 1.807) is 4.90 Å². The second kappa shape index (κ2) is 8.30. The summed E-state index contributed by atoms with van der Waals surface area (Å²) in [7, 11) is -3.44. The fraction of sp³-hybridized carbons (Fsp3) is 0.933. The molecule has 1 saturated heterocycles. The largest absolute Gasteiger partial charge is 0.444 e. The highest BCUT2D eigenvalue weighted by Crippen LogP contribution is 2.16. The summed E-state index contributed by atoms with van der Waals surface area (Å²) in [5.74, 6) is 0. The number of hydrogen-bond donors (Lipinski definition) is 0. The number of carbonyl (C=O) groups excluding carboxylic acids is 1. The monoisotopic (exact) mass is 349 g/mol. The van der Waals surface area contributed by atoms with Crippen LogP contribution in [-0.4, -0.2) is 72.9 Å². The molecule has 7 nitrogen and oxygen atoms in total. The summed E-state index contributed by atoms with van der Waals surface area (Å²) >= 11 is 0. The van der Waals surface area contributed by atoms with Crippen molar-refractivity contribution in [1.29, 1.82) is 0 Å².